The van der Waals surface area contributed by atoms with E-state index >= 15 is 0 Å². The summed E-state index contributed by atoms with van der Waals surface area (Å²) in [5, 5.41) is 0. The second kappa shape index (κ2) is 3.71. The van der Waals surface area contributed by atoms with Crippen LogP contribution in [0.2, 0.25) is 0 Å². The number of aromatic nitrogens is 2. The van der Waals surface area contributed by atoms with E-state index in [-0.39, 0.29) is 6.04 Å². The molecule has 96 valence electrons. The van der Waals surface area contributed by atoms with Crippen molar-refractivity contribution in [1.29, 1.82) is 0 Å². The number of hydrogen-bond acceptors (Lipinski definition) is 2. The molecule has 0 fully saturated rings. The molecule has 2 aromatic rings. The fourth-order valence-corrected chi connectivity index (χ4v) is 2.39. The van der Waals surface area contributed by atoms with E-state index < -0.39 is 11.7 Å². The fraction of sp³-hybridized carbons (Fsp3) is 0.417. The summed E-state index contributed by atoms with van der Waals surface area (Å²) >= 11 is 0. The first-order valence-corrected chi connectivity index (χ1v) is 5.77. The van der Waals surface area contributed by atoms with E-state index in [0.717, 1.165) is 36.4 Å². The van der Waals surface area contributed by atoms with Gasteiger partial charge in [-0.1, -0.05) is 0 Å². The van der Waals surface area contributed by atoms with Crippen molar-refractivity contribution >= 4 is 11.0 Å². The summed E-state index contributed by atoms with van der Waals surface area (Å²) in [7, 11) is 0. The van der Waals surface area contributed by atoms with Crippen LogP contribution in [-0.4, -0.2) is 15.6 Å². The second-order valence-electron chi connectivity index (χ2n) is 4.63. The molecule has 1 atom stereocenters. The minimum Gasteiger partial charge on any atom is -0.328 e. The van der Waals surface area contributed by atoms with E-state index in [1.54, 1.807) is 0 Å². The van der Waals surface area contributed by atoms with Gasteiger partial charge in [-0.05, 0) is 24.6 Å². The van der Waals surface area contributed by atoms with Crippen LogP contribution in [0.5, 0.6) is 0 Å². The van der Waals surface area contributed by atoms with Crippen molar-refractivity contribution in [2.75, 3.05) is 0 Å². The van der Waals surface area contributed by atoms with E-state index in [0.29, 0.717) is 11.9 Å². The van der Waals surface area contributed by atoms with E-state index in [1.807, 2.05) is 4.57 Å². The number of halogens is 3. The molecule has 0 bridgehead atoms. The number of benzene rings is 1. The zero-order valence-corrected chi connectivity index (χ0v) is 9.54. The van der Waals surface area contributed by atoms with Gasteiger partial charge in [-0.2, -0.15) is 13.2 Å². The molecule has 0 aliphatic carbocycles. The molecular formula is C12H12F3N3. The third-order valence-corrected chi connectivity index (χ3v) is 3.32. The summed E-state index contributed by atoms with van der Waals surface area (Å²) in [6.45, 7) is 0.721. The lowest BCUT2D eigenvalue weighted by Gasteiger charge is -2.20. The van der Waals surface area contributed by atoms with E-state index in [9.17, 15) is 13.2 Å². The molecule has 6 heteroatoms. The summed E-state index contributed by atoms with van der Waals surface area (Å²) in [5.41, 5.74) is 6.33. The van der Waals surface area contributed by atoms with Gasteiger partial charge in [-0.3, -0.25) is 0 Å². The Labute approximate surface area is 101 Å². The maximum atomic E-state index is 12.6. The number of fused-ring (bicyclic) bond motifs is 3. The number of aryl methyl sites for hydroxylation is 1. The van der Waals surface area contributed by atoms with Crippen molar-refractivity contribution in [2.45, 2.75) is 31.6 Å². The third kappa shape index (κ3) is 1.77. The van der Waals surface area contributed by atoms with Crippen molar-refractivity contribution in [3.63, 3.8) is 0 Å². The van der Waals surface area contributed by atoms with Crippen LogP contribution < -0.4 is 5.73 Å². The molecule has 1 aromatic heterocycles. The van der Waals surface area contributed by atoms with Gasteiger partial charge >= 0.3 is 6.18 Å². The first-order valence-electron chi connectivity index (χ1n) is 5.77. The Morgan fingerprint density at radius 1 is 1.33 bits per heavy atom. The van der Waals surface area contributed by atoms with Gasteiger partial charge in [0.2, 0.25) is 0 Å². The Hall–Kier alpha value is -1.56. The lowest BCUT2D eigenvalue weighted by Crippen LogP contribution is -2.30. The molecule has 1 aromatic carbocycles. The van der Waals surface area contributed by atoms with Gasteiger partial charge < -0.3 is 10.3 Å². The second-order valence-corrected chi connectivity index (χ2v) is 4.63. The van der Waals surface area contributed by atoms with Gasteiger partial charge in [0.1, 0.15) is 5.82 Å². The van der Waals surface area contributed by atoms with Crippen LogP contribution >= 0.6 is 0 Å². The van der Waals surface area contributed by atoms with Crippen LogP contribution in [0.15, 0.2) is 18.2 Å². The molecule has 1 aliphatic heterocycles. The van der Waals surface area contributed by atoms with Crippen LogP contribution in [0.3, 0.4) is 0 Å². The number of nitrogens with zero attached hydrogens (tertiary/aromatic N) is 2. The molecule has 0 saturated carbocycles. The van der Waals surface area contributed by atoms with Gasteiger partial charge in [0.05, 0.1) is 16.6 Å². The van der Waals surface area contributed by atoms with Gasteiger partial charge in [0.15, 0.2) is 0 Å². The SMILES string of the molecule is NC1CCn2c(nc3cc(C(F)(F)F)ccc32)C1. The van der Waals surface area contributed by atoms with Crippen molar-refractivity contribution in [2.24, 2.45) is 5.73 Å². The van der Waals surface area contributed by atoms with Crippen LogP contribution in [-0.2, 0) is 19.1 Å². The first-order chi connectivity index (χ1) is 8.45. The Kier molecular flexibility index (Phi) is 2.38. The predicted octanol–water partition coefficient (Wildman–Crippen LogP) is 2.33. The number of nitrogens with two attached hydrogens (primary N) is 1. The van der Waals surface area contributed by atoms with Crippen molar-refractivity contribution < 1.29 is 13.2 Å². The minimum atomic E-state index is -4.32. The summed E-state index contributed by atoms with van der Waals surface area (Å²) in [6, 6.07) is 3.75. The fourth-order valence-electron chi connectivity index (χ4n) is 2.39. The highest BCUT2D eigenvalue weighted by Crippen LogP contribution is 2.32. The summed E-state index contributed by atoms with van der Waals surface area (Å²) < 4.78 is 39.8. The van der Waals surface area contributed by atoms with E-state index in [4.69, 9.17) is 5.73 Å². The third-order valence-electron chi connectivity index (χ3n) is 3.32. The largest absolute Gasteiger partial charge is 0.416 e. The zero-order chi connectivity index (χ0) is 12.9. The topological polar surface area (TPSA) is 43.8 Å². The monoisotopic (exact) mass is 255 g/mol. The molecule has 1 aliphatic rings. The highest BCUT2D eigenvalue weighted by molar-refractivity contribution is 5.77. The molecule has 1 unspecified atom stereocenters. The molecule has 2 heterocycles. The average molecular weight is 255 g/mol. The number of rotatable bonds is 0. The van der Waals surface area contributed by atoms with Gasteiger partial charge in [0, 0.05) is 19.0 Å². The van der Waals surface area contributed by atoms with E-state index in [2.05, 4.69) is 4.98 Å². The molecule has 3 nitrogen and oxygen atoms in total. The van der Waals surface area contributed by atoms with Crippen LogP contribution in [0.4, 0.5) is 13.2 Å². The van der Waals surface area contributed by atoms with E-state index in [1.165, 1.54) is 6.07 Å². The molecule has 2 N–H and O–H groups in total. The number of imidazole rings is 1. The standard InChI is InChI=1S/C12H12F3N3/c13-12(14,15)7-1-2-10-9(5-7)17-11-6-8(16)3-4-18(10)11/h1-2,5,8H,3-4,6,16H2. The maximum Gasteiger partial charge on any atom is 0.416 e. The summed E-state index contributed by atoms with van der Waals surface area (Å²) in [4.78, 5) is 4.26. The van der Waals surface area contributed by atoms with Gasteiger partial charge in [-0.15, -0.1) is 0 Å². The highest BCUT2D eigenvalue weighted by atomic mass is 19.4. The highest BCUT2D eigenvalue weighted by Gasteiger charge is 2.31. The normalized spacial score (nSPS) is 20.1. The molecule has 18 heavy (non-hydrogen) atoms. The molecule has 0 amide bonds. The van der Waals surface area contributed by atoms with Crippen molar-refractivity contribution in [1.82, 2.24) is 9.55 Å². The van der Waals surface area contributed by atoms with Gasteiger partial charge in [-0.25, -0.2) is 4.98 Å². The predicted molar refractivity (Wildman–Crippen MR) is 61.0 cm³/mol. The quantitative estimate of drug-likeness (QED) is 0.785. The Balaban J connectivity index is 2.14. The molecule has 3 rings (SSSR count). The lowest BCUT2D eigenvalue weighted by molar-refractivity contribution is -0.137. The summed E-state index contributed by atoms with van der Waals surface area (Å²) in [6.07, 6.45) is -2.87. The van der Waals surface area contributed by atoms with Crippen molar-refractivity contribution in [3.8, 4) is 0 Å². The molecule has 0 saturated heterocycles. The zero-order valence-electron chi connectivity index (χ0n) is 9.54. The molecule has 0 spiro atoms. The smallest absolute Gasteiger partial charge is 0.328 e. The molecule has 0 radical (unpaired) electrons. The van der Waals surface area contributed by atoms with Crippen LogP contribution in [0, 0.1) is 0 Å². The van der Waals surface area contributed by atoms with Crippen LogP contribution in [0.1, 0.15) is 17.8 Å². The summed E-state index contributed by atoms with van der Waals surface area (Å²) in [5.74, 6) is 0.781. The first kappa shape index (κ1) is 11.5. The molecular weight excluding hydrogens is 243 g/mol. The van der Waals surface area contributed by atoms with Crippen molar-refractivity contribution in [3.05, 3.63) is 29.6 Å². The lowest BCUT2D eigenvalue weighted by atomic mass is 10.1. The van der Waals surface area contributed by atoms with Gasteiger partial charge in [0.25, 0.3) is 0 Å². The number of hydrogen-bond donors (Lipinski definition) is 1. The number of alkyl halides is 3. The Morgan fingerprint density at radius 2 is 2.11 bits per heavy atom. The Bertz CT molecular complexity index is 600. The minimum absolute atomic E-state index is 0.0522. The maximum absolute atomic E-state index is 12.6. The van der Waals surface area contributed by atoms with Crippen LogP contribution in [0.25, 0.3) is 11.0 Å². The Morgan fingerprint density at radius 3 is 2.83 bits per heavy atom. The average Bonchev–Trinajstić information content (AvgIpc) is 2.63.